The van der Waals surface area contributed by atoms with Gasteiger partial charge in [0.25, 0.3) is 0 Å². The molecule has 2 nitrogen and oxygen atoms in total. The molecular formula is C15H11Cl2NO. The molecule has 0 saturated heterocycles. The molecule has 4 heteroatoms. The van der Waals surface area contributed by atoms with Gasteiger partial charge in [-0.25, -0.2) is 0 Å². The summed E-state index contributed by atoms with van der Waals surface area (Å²) in [5.74, 6) is 0. The number of hydrogen-bond acceptors (Lipinski definition) is 2. The molecule has 0 radical (unpaired) electrons. The van der Waals surface area contributed by atoms with Gasteiger partial charge < -0.3 is 5.21 Å². The Kier molecular flexibility index (Phi) is 4.61. The summed E-state index contributed by atoms with van der Waals surface area (Å²) in [7, 11) is 0. The summed E-state index contributed by atoms with van der Waals surface area (Å²) >= 11 is 11.8. The van der Waals surface area contributed by atoms with E-state index < -0.39 is 0 Å². The van der Waals surface area contributed by atoms with Gasteiger partial charge in [-0.3, -0.25) is 0 Å². The maximum atomic E-state index is 8.58. The van der Waals surface area contributed by atoms with E-state index in [9.17, 15) is 0 Å². The molecule has 96 valence electrons. The lowest BCUT2D eigenvalue weighted by Crippen LogP contribution is -1.88. The highest BCUT2D eigenvalue weighted by atomic mass is 35.5. The van der Waals surface area contributed by atoms with Crippen LogP contribution >= 0.6 is 23.2 Å². The summed E-state index contributed by atoms with van der Waals surface area (Å²) in [5, 5.41) is 12.9. The van der Waals surface area contributed by atoms with Crippen LogP contribution < -0.4 is 0 Å². The van der Waals surface area contributed by atoms with Gasteiger partial charge >= 0.3 is 0 Å². The van der Waals surface area contributed by atoms with Crippen LogP contribution in [-0.2, 0) is 0 Å². The average Bonchev–Trinajstić information content (AvgIpc) is 2.43. The molecule has 0 heterocycles. The van der Waals surface area contributed by atoms with Crippen LogP contribution in [0.5, 0.6) is 0 Å². The molecule has 0 fully saturated rings. The second-order valence-electron chi connectivity index (χ2n) is 3.86. The van der Waals surface area contributed by atoms with E-state index >= 15 is 0 Å². The van der Waals surface area contributed by atoms with Crippen LogP contribution in [-0.4, -0.2) is 11.4 Å². The van der Waals surface area contributed by atoms with Gasteiger partial charge in [0.15, 0.2) is 0 Å². The Bertz CT molecular complexity index is 554. The summed E-state index contributed by atoms with van der Waals surface area (Å²) in [6, 6.07) is 14.9. The molecule has 2 aromatic rings. The predicted molar refractivity (Wildman–Crippen MR) is 80.3 cm³/mol. The van der Waals surface area contributed by atoms with E-state index in [0.29, 0.717) is 10.0 Å². The van der Waals surface area contributed by atoms with Crippen molar-refractivity contribution in [3.8, 4) is 0 Å². The summed E-state index contributed by atoms with van der Waals surface area (Å²) in [6.07, 6.45) is 3.06. The van der Waals surface area contributed by atoms with Crippen LogP contribution in [0.15, 0.2) is 59.8 Å². The molecule has 19 heavy (non-hydrogen) atoms. The monoisotopic (exact) mass is 291 g/mol. The summed E-state index contributed by atoms with van der Waals surface area (Å²) in [5.41, 5.74) is 2.88. The molecule has 0 atom stereocenters. The third-order valence-corrected chi connectivity index (χ3v) is 3.12. The van der Waals surface area contributed by atoms with Crippen LogP contribution in [0, 0.1) is 0 Å². The van der Waals surface area contributed by atoms with E-state index in [4.69, 9.17) is 28.4 Å². The minimum absolute atomic E-state index is 0.676. The SMILES string of the molecule is O/N=C/C=C(c1ccc(Cl)cc1)c1ccc(Cl)cc1. The number of benzene rings is 2. The first kappa shape index (κ1) is 13.7. The van der Waals surface area contributed by atoms with Crippen molar-refractivity contribution in [1.29, 1.82) is 0 Å². The first-order valence-corrected chi connectivity index (χ1v) is 6.36. The van der Waals surface area contributed by atoms with Crippen molar-refractivity contribution in [2.75, 3.05) is 0 Å². The lowest BCUT2D eigenvalue weighted by molar-refractivity contribution is 0.322. The van der Waals surface area contributed by atoms with Gasteiger partial charge in [0, 0.05) is 10.0 Å². The van der Waals surface area contributed by atoms with Gasteiger partial charge in [0.2, 0.25) is 0 Å². The maximum Gasteiger partial charge on any atom is 0.0667 e. The molecule has 0 bridgehead atoms. The summed E-state index contributed by atoms with van der Waals surface area (Å²) < 4.78 is 0. The first-order valence-electron chi connectivity index (χ1n) is 5.60. The molecule has 0 aliphatic heterocycles. The van der Waals surface area contributed by atoms with Gasteiger partial charge in [-0.2, -0.15) is 0 Å². The second-order valence-corrected chi connectivity index (χ2v) is 4.73. The van der Waals surface area contributed by atoms with Crippen molar-refractivity contribution in [2.45, 2.75) is 0 Å². The Balaban J connectivity index is 2.47. The topological polar surface area (TPSA) is 32.6 Å². The first-order chi connectivity index (χ1) is 9.20. The van der Waals surface area contributed by atoms with E-state index in [0.717, 1.165) is 16.7 Å². The third kappa shape index (κ3) is 3.60. The molecule has 0 unspecified atom stereocenters. The van der Waals surface area contributed by atoms with Crippen molar-refractivity contribution in [1.82, 2.24) is 0 Å². The van der Waals surface area contributed by atoms with Crippen molar-refractivity contribution in [3.63, 3.8) is 0 Å². The highest BCUT2D eigenvalue weighted by Gasteiger charge is 2.04. The molecule has 1 N–H and O–H groups in total. The normalized spacial score (nSPS) is 10.6. The largest absolute Gasteiger partial charge is 0.411 e. The van der Waals surface area contributed by atoms with Gasteiger partial charge in [-0.05, 0) is 47.0 Å². The Morgan fingerprint density at radius 2 is 1.26 bits per heavy atom. The summed E-state index contributed by atoms with van der Waals surface area (Å²) in [4.78, 5) is 0. The zero-order chi connectivity index (χ0) is 13.7. The zero-order valence-corrected chi connectivity index (χ0v) is 11.4. The molecule has 2 aromatic carbocycles. The lowest BCUT2D eigenvalue weighted by Gasteiger charge is -2.08. The number of oxime groups is 1. The van der Waals surface area contributed by atoms with Gasteiger partial charge in [0.05, 0.1) is 6.21 Å². The van der Waals surface area contributed by atoms with Crippen LogP contribution in [0.2, 0.25) is 10.0 Å². The van der Waals surface area contributed by atoms with Crippen molar-refractivity contribution in [2.24, 2.45) is 5.16 Å². The highest BCUT2D eigenvalue weighted by Crippen LogP contribution is 2.25. The van der Waals surface area contributed by atoms with Gasteiger partial charge in [-0.15, -0.1) is 0 Å². The maximum absolute atomic E-state index is 8.58. The third-order valence-electron chi connectivity index (χ3n) is 2.62. The Labute approximate surface area is 121 Å². The van der Waals surface area contributed by atoms with Crippen LogP contribution in [0.1, 0.15) is 11.1 Å². The van der Waals surface area contributed by atoms with E-state index in [1.165, 1.54) is 6.21 Å². The smallest absolute Gasteiger partial charge is 0.0667 e. The number of allylic oxidation sites excluding steroid dienone is 1. The minimum atomic E-state index is 0.676. The lowest BCUT2D eigenvalue weighted by atomic mass is 9.98. The molecule has 2 rings (SSSR count). The average molecular weight is 292 g/mol. The van der Waals surface area contributed by atoms with Crippen molar-refractivity contribution < 1.29 is 5.21 Å². The second kappa shape index (κ2) is 6.41. The highest BCUT2D eigenvalue weighted by molar-refractivity contribution is 6.31. The van der Waals surface area contributed by atoms with Crippen molar-refractivity contribution in [3.05, 3.63) is 75.8 Å². The molecule has 0 saturated carbocycles. The van der Waals surface area contributed by atoms with Gasteiger partial charge in [0.1, 0.15) is 0 Å². The molecule has 0 aliphatic carbocycles. The number of halogens is 2. The Hall–Kier alpha value is -1.77. The molecule has 0 amide bonds. The van der Waals surface area contributed by atoms with E-state index in [-0.39, 0.29) is 0 Å². The number of hydrogen-bond donors (Lipinski definition) is 1. The van der Waals surface area contributed by atoms with Crippen LogP contribution in [0.25, 0.3) is 5.57 Å². The van der Waals surface area contributed by atoms with E-state index in [1.807, 2.05) is 48.5 Å². The van der Waals surface area contributed by atoms with Crippen LogP contribution in [0.4, 0.5) is 0 Å². The minimum Gasteiger partial charge on any atom is -0.411 e. The zero-order valence-electron chi connectivity index (χ0n) is 9.92. The fourth-order valence-corrected chi connectivity index (χ4v) is 1.98. The predicted octanol–water partition coefficient (Wildman–Crippen LogP) is 4.89. The Morgan fingerprint density at radius 3 is 1.63 bits per heavy atom. The quantitative estimate of drug-likeness (QED) is 0.488. The van der Waals surface area contributed by atoms with Crippen LogP contribution in [0.3, 0.4) is 0 Å². The summed E-state index contributed by atoms with van der Waals surface area (Å²) in [6.45, 7) is 0. The fourth-order valence-electron chi connectivity index (χ4n) is 1.73. The molecule has 0 spiro atoms. The molecular weight excluding hydrogens is 281 g/mol. The Morgan fingerprint density at radius 1 is 0.842 bits per heavy atom. The van der Waals surface area contributed by atoms with Crippen molar-refractivity contribution >= 4 is 35.0 Å². The standard InChI is InChI=1S/C15H11Cl2NO/c16-13-5-1-11(2-6-13)15(9-10-18-19)12-3-7-14(17)8-4-12/h1-10,19H/b18-10+. The fraction of sp³-hybridized carbons (Fsp3) is 0. The van der Waals surface area contributed by atoms with E-state index in [2.05, 4.69) is 5.16 Å². The molecule has 0 aliphatic rings. The number of nitrogens with zero attached hydrogens (tertiary/aromatic N) is 1. The van der Waals surface area contributed by atoms with Gasteiger partial charge in [-0.1, -0.05) is 52.6 Å². The number of rotatable bonds is 3. The molecule has 0 aromatic heterocycles. The van der Waals surface area contributed by atoms with E-state index in [1.54, 1.807) is 6.08 Å².